The molecule has 0 amide bonds. The van der Waals surface area contributed by atoms with E-state index in [2.05, 4.69) is 66.5 Å². The highest BCUT2D eigenvalue weighted by Crippen LogP contribution is 2.36. The number of rotatable bonds is 3. The molecule has 0 saturated heterocycles. The van der Waals surface area contributed by atoms with Crippen LogP contribution >= 0.6 is 12.1 Å². The lowest BCUT2D eigenvalue weighted by Crippen LogP contribution is -2.00. The van der Waals surface area contributed by atoms with Gasteiger partial charge in [-0.05, 0) is 23.1 Å². The largest absolute Gasteiger partial charge is 0.334 e. The summed E-state index contributed by atoms with van der Waals surface area (Å²) in [4.78, 5) is 8.81. The lowest BCUT2D eigenvalue weighted by molar-refractivity contribution is 0.858. The van der Waals surface area contributed by atoms with Crippen LogP contribution in [0.15, 0.2) is 55.1 Å². The first-order valence-corrected chi connectivity index (χ1v) is 10.3. The SMILES string of the molecule is CC(C)c1cccc(-c2cccnc2)c1-c1nccn1C.CCC.CSF. The van der Waals surface area contributed by atoms with E-state index in [1.807, 2.05) is 31.7 Å². The molecule has 2 heterocycles. The Hall–Kier alpha value is -2.14. The van der Waals surface area contributed by atoms with E-state index in [9.17, 15) is 3.89 Å². The Balaban J connectivity index is 0.000000540. The maximum Gasteiger partial charge on any atom is 0.140 e. The second-order valence-corrected chi connectivity index (χ2v) is 6.70. The average molecular weight is 388 g/mol. The predicted molar refractivity (Wildman–Crippen MR) is 117 cm³/mol. The summed E-state index contributed by atoms with van der Waals surface area (Å²) < 4.78 is 12.3. The van der Waals surface area contributed by atoms with E-state index in [0.717, 1.165) is 11.4 Å². The molecule has 5 heteroatoms. The van der Waals surface area contributed by atoms with Crippen LogP contribution in [0.2, 0.25) is 0 Å². The Morgan fingerprint density at radius 2 is 1.78 bits per heavy atom. The number of nitrogens with zero attached hydrogens (tertiary/aromatic N) is 3. The van der Waals surface area contributed by atoms with Crippen molar-refractivity contribution in [3.8, 4) is 22.5 Å². The van der Waals surface area contributed by atoms with Gasteiger partial charge in [-0.3, -0.25) is 4.98 Å². The van der Waals surface area contributed by atoms with E-state index < -0.39 is 0 Å². The maximum atomic E-state index is 10.2. The van der Waals surface area contributed by atoms with Gasteiger partial charge in [-0.1, -0.05) is 58.4 Å². The van der Waals surface area contributed by atoms with Gasteiger partial charge >= 0.3 is 0 Å². The Bertz CT molecular complexity index is 783. The van der Waals surface area contributed by atoms with Crippen LogP contribution in [-0.4, -0.2) is 20.8 Å². The number of aryl methyl sites for hydroxylation is 1. The Labute approximate surface area is 167 Å². The molecule has 0 atom stereocenters. The van der Waals surface area contributed by atoms with Crippen molar-refractivity contribution in [2.45, 2.75) is 40.0 Å². The van der Waals surface area contributed by atoms with Crippen molar-refractivity contribution in [3.05, 3.63) is 60.7 Å². The quantitative estimate of drug-likeness (QED) is 0.488. The summed E-state index contributed by atoms with van der Waals surface area (Å²) in [6, 6.07) is 10.5. The molecular weight excluding hydrogens is 357 g/mol. The van der Waals surface area contributed by atoms with Gasteiger partial charge < -0.3 is 4.57 Å². The highest BCUT2D eigenvalue weighted by molar-refractivity contribution is 7.93. The molecule has 0 bridgehead atoms. The summed E-state index contributed by atoms with van der Waals surface area (Å²) in [5, 5.41) is 0. The van der Waals surface area contributed by atoms with Crippen molar-refractivity contribution in [3.63, 3.8) is 0 Å². The van der Waals surface area contributed by atoms with Crippen molar-refractivity contribution in [2.24, 2.45) is 7.05 Å². The van der Waals surface area contributed by atoms with Gasteiger partial charge in [0, 0.05) is 61.4 Å². The van der Waals surface area contributed by atoms with Crippen LogP contribution in [0.25, 0.3) is 22.5 Å². The maximum absolute atomic E-state index is 10.2. The molecule has 3 nitrogen and oxygen atoms in total. The van der Waals surface area contributed by atoms with Crippen LogP contribution in [0, 0.1) is 0 Å². The van der Waals surface area contributed by atoms with Gasteiger partial charge in [-0.2, -0.15) is 3.89 Å². The number of aromatic nitrogens is 3. The molecule has 0 aliphatic carbocycles. The topological polar surface area (TPSA) is 30.7 Å². The third kappa shape index (κ3) is 6.51. The monoisotopic (exact) mass is 387 g/mol. The van der Waals surface area contributed by atoms with Gasteiger partial charge in [0.2, 0.25) is 0 Å². The molecule has 2 aromatic heterocycles. The van der Waals surface area contributed by atoms with Crippen LogP contribution < -0.4 is 0 Å². The van der Waals surface area contributed by atoms with Crippen LogP contribution in [0.4, 0.5) is 3.89 Å². The van der Waals surface area contributed by atoms with Crippen molar-refractivity contribution >= 4 is 12.1 Å². The number of benzene rings is 1. The van der Waals surface area contributed by atoms with E-state index in [1.165, 1.54) is 29.4 Å². The van der Waals surface area contributed by atoms with Crippen LogP contribution in [0.5, 0.6) is 0 Å². The van der Waals surface area contributed by atoms with Crippen molar-refractivity contribution in [2.75, 3.05) is 6.26 Å². The zero-order valence-corrected chi connectivity index (χ0v) is 17.9. The summed E-state index contributed by atoms with van der Waals surface area (Å²) in [5.74, 6) is 1.44. The van der Waals surface area contributed by atoms with Crippen LogP contribution in [-0.2, 0) is 7.05 Å². The third-order valence-electron chi connectivity index (χ3n) is 3.74. The summed E-state index contributed by atoms with van der Waals surface area (Å²) in [5.41, 5.74) is 4.82. The van der Waals surface area contributed by atoms with Crippen LogP contribution in [0.1, 0.15) is 45.6 Å². The minimum absolute atomic E-state index is 0.250. The molecule has 0 saturated carbocycles. The molecule has 0 spiro atoms. The lowest BCUT2D eigenvalue weighted by Gasteiger charge is -2.17. The number of pyridine rings is 1. The molecule has 0 N–H and O–H groups in total. The number of hydrogen-bond donors (Lipinski definition) is 0. The zero-order chi connectivity index (χ0) is 20.2. The second-order valence-electron chi connectivity index (χ2n) is 6.39. The smallest absolute Gasteiger partial charge is 0.140 e. The lowest BCUT2D eigenvalue weighted by atomic mass is 9.90. The first kappa shape index (κ1) is 22.9. The third-order valence-corrected chi connectivity index (χ3v) is 3.74. The molecule has 3 rings (SSSR count). The Kier molecular flexibility index (Phi) is 10.4. The number of hydrogen-bond acceptors (Lipinski definition) is 3. The van der Waals surface area contributed by atoms with Gasteiger partial charge in [0.25, 0.3) is 0 Å². The average Bonchev–Trinajstić information content (AvgIpc) is 3.08. The van der Waals surface area contributed by atoms with E-state index in [0.29, 0.717) is 5.92 Å². The Morgan fingerprint density at radius 3 is 2.26 bits per heavy atom. The normalized spacial score (nSPS) is 9.93. The van der Waals surface area contributed by atoms with Gasteiger partial charge in [-0.25, -0.2) is 4.98 Å². The predicted octanol–water partition coefficient (Wildman–Crippen LogP) is 6.92. The van der Waals surface area contributed by atoms with Gasteiger partial charge in [-0.15, -0.1) is 0 Å². The fourth-order valence-corrected chi connectivity index (χ4v) is 2.67. The standard InChI is InChI=1S/C18H19N3.C3H8.CH3FS/c1-13(2)15-7-4-8-16(14-6-5-9-19-12-14)17(15)18-20-10-11-21(18)3;2*1-3-2/h4-13H,1-3H3;3H2,1-2H3;1H3. The fourth-order valence-electron chi connectivity index (χ4n) is 2.67. The van der Waals surface area contributed by atoms with Crippen molar-refractivity contribution in [1.82, 2.24) is 14.5 Å². The number of halogens is 1. The first-order chi connectivity index (χ1) is 13.0. The van der Waals surface area contributed by atoms with Crippen LogP contribution in [0.3, 0.4) is 0 Å². The molecule has 0 unspecified atom stereocenters. The highest BCUT2D eigenvalue weighted by atomic mass is 32.2. The fraction of sp³-hybridized carbons (Fsp3) is 0.364. The summed E-state index contributed by atoms with van der Waals surface area (Å²) in [7, 11) is 2.03. The molecule has 0 radical (unpaired) electrons. The summed E-state index contributed by atoms with van der Waals surface area (Å²) in [6.07, 6.45) is 10.2. The summed E-state index contributed by atoms with van der Waals surface area (Å²) in [6.45, 7) is 8.68. The number of imidazole rings is 1. The van der Waals surface area contributed by atoms with Crippen molar-refractivity contribution < 1.29 is 3.89 Å². The second kappa shape index (κ2) is 12.3. The molecule has 0 aliphatic rings. The molecular formula is C22H30FN3S. The molecule has 3 aromatic rings. The summed E-state index contributed by atoms with van der Waals surface area (Å²) >= 11 is 0.250. The molecule has 0 aliphatic heterocycles. The molecule has 27 heavy (non-hydrogen) atoms. The Morgan fingerprint density at radius 1 is 1.11 bits per heavy atom. The zero-order valence-electron chi connectivity index (χ0n) is 17.1. The van der Waals surface area contributed by atoms with Crippen molar-refractivity contribution in [1.29, 1.82) is 0 Å². The molecule has 0 fully saturated rings. The van der Waals surface area contributed by atoms with Gasteiger partial charge in [0.1, 0.15) is 5.82 Å². The van der Waals surface area contributed by atoms with E-state index in [4.69, 9.17) is 0 Å². The highest BCUT2D eigenvalue weighted by Gasteiger charge is 2.17. The van der Waals surface area contributed by atoms with Gasteiger partial charge in [0.05, 0.1) is 0 Å². The van der Waals surface area contributed by atoms with E-state index in [1.54, 1.807) is 6.20 Å². The van der Waals surface area contributed by atoms with E-state index in [-0.39, 0.29) is 12.1 Å². The first-order valence-electron chi connectivity index (χ1n) is 9.17. The minimum Gasteiger partial charge on any atom is -0.334 e. The minimum atomic E-state index is 0.250. The molecule has 146 valence electrons. The van der Waals surface area contributed by atoms with E-state index >= 15 is 0 Å². The molecule has 1 aromatic carbocycles. The van der Waals surface area contributed by atoms with Gasteiger partial charge in [0.15, 0.2) is 0 Å².